The van der Waals surface area contributed by atoms with E-state index in [4.69, 9.17) is 4.74 Å². The average molecular weight is 290 g/mol. The summed E-state index contributed by atoms with van der Waals surface area (Å²) in [6, 6.07) is 5.41. The number of aliphatic hydroxyl groups is 1. The van der Waals surface area contributed by atoms with E-state index in [9.17, 15) is 9.90 Å². The minimum absolute atomic E-state index is 0.0286. The highest BCUT2D eigenvalue weighted by molar-refractivity contribution is 6.01. The summed E-state index contributed by atoms with van der Waals surface area (Å²) in [5.41, 5.74) is 0.780. The van der Waals surface area contributed by atoms with E-state index in [1.54, 1.807) is 18.1 Å². The van der Waals surface area contributed by atoms with E-state index in [0.29, 0.717) is 23.8 Å². The molecule has 2 heterocycles. The SMILES string of the molecule is COc1ccc2c(c1)C(=O)N1CC(C)CC1(C)C(O)N2C. The molecule has 0 saturated carbocycles. The molecule has 1 N–H and O–H groups in total. The van der Waals surface area contributed by atoms with Gasteiger partial charge in [-0.05, 0) is 37.5 Å². The lowest BCUT2D eigenvalue weighted by atomic mass is 9.92. The van der Waals surface area contributed by atoms with Crippen molar-refractivity contribution in [2.75, 3.05) is 25.6 Å². The molecule has 0 aromatic heterocycles. The number of fused-ring (bicyclic) bond motifs is 2. The van der Waals surface area contributed by atoms with Gasteiger partial charge < -0.3 is 19.6 Å². The normalized spacial score (nSPS) is 31.8. The summed E-state index contributed by atoms with van der Waals surface area (Å²) < 4.78 is 5.24. The van der Waals surface area contributed by atoms with Gasteiger partial charge in [0.25, 0.3) is 5.91 Å². The molecule has 3 unspecified atom stereocenters. The van der Waals surface area contributed by atoms with E-state index in [1.807, 2.05) is 31.0 Å². The summed E-state index contributed by atoms with van der Waals surface area (Å²) in [5, 5.41) is 10.8. The Bertz CT molecular complexity index is 589. The Morgan fingerprint density at radius 3 is 2.81 bits per heavy atom. The lowest BCUT2D eigenvalue weighted by Crippen LogP contribution is -2.56. The Labute approximate surface area is 125 Å². The number of benzene rings is 1. The molecule has 0 spiro atoms. The number of ether oxygens (including phenoxy) is 1. The molecule has 5 heteroatoms. The molecule has 1 amide bonds. The second-order valence-electron chi connectivity index (χ2n) is 6.45. The van der Waals surface area contributed by atoms with Crippen LogP contribution < -0.4 is 9.64 Å². The van der Waals surface area contributed by atoms with Crippen molar-refractivity contribution in [2.45, 2.75) is 32.0 Å². The van der Waals surface area contributed by atoms with Gasteiger partial charge in [-0.1, -0.05) is 6.92 Å². The van der Waals surface area contributed by atoms with Gasteiger partial charge in [-0.25, -0.2) is 0 Å². The molecule has 3 rings (SSSR count). The third-order valence-electron chi connectivity index (χ3n) is 4.85. The first-order valence-electron chi connectivity index (χ1n) is 7.29. The number of rotatable bonds is 1. The molecular formula is C16H22N2O3. The highest BCUT2D eigenvalue weighted by Crippen LogP contribution is 2.43. The summed E-state index contributed by atoms with van der Waals surface area (Å²) in [5.74, 6) is 1.01. The third-order valence-corrected chi connectivity index (χ3v) is 4.85. The first kappa shape index (κ1) is 14.2. The topological polar surface area (TPSA) is 53.0 Å². The van der Waals surface area contributed by atoms with Gasteiger partial charge in [0.1, 0.15) is 12.0 Å². The fraction of sp³-hybridized carbons (Fsp3) is 0.562. The first-order chi connectivity index (χ1) is 9.88. The van der Waals surface area contributed by atoms with Crippen molar-refractivity contribution in [1.82, 2.24) is 4.90 Å². The molecule has 1 fully saturated rings. The maximum Gasteiger partial charge on any atom is 0.256 e. The number of hydrogen-bond donors (Lipinski definition) is 1. The number of carbonyl (C=O) groups excluding carboxylic acids is 1. The molecule has 114 valence electrons. The molecule has 1 saturated heterocycles. The molecule has 0 radical (unpaired) electrons. The van der Waals surface area contributed by atoms with E-state index in [2.05, 4.69) is 6.92 Å². The largest absolute Gasteiger partial charge is 0.497 e. The zero-order valence-electron chi connectivity index (χ0n) is 13.0. The minimum Gasteiger partial charge on any atom is -0.497 e. The van der Waals surface area contributed by atoms with Gasteiger partial charge in [0.2, 0.25) is 0 Å². The molecule has 3 atom stereocenters. The number of carbonyl (C=O) groups is 1. The van der Waals surface area contributed by atoms with Crippen LogP contribution in [0.25, 0.3) is 0 Å². The third kappa shape index (κ3) is 1.91. The van der Waals surface area contributed by atoms with Crippen LogP contribution in [0.3, 0.4) is 0 Å². The Hall–Kier alpha value is -1.75. The van der Waals surface area contributed by atoms with Crippen LogP contribution in [0.15, 0.2) is 18.2 Å². The van der Waals surface area contributed by atoms with Crippen LogP contribution >= 0.6 is 0 Å². The average Bonchev–Trinajstić information content (AvgIpc) is 2.77. The fourth-order valence-corrected chi connectivity index (χ4v) is 3.78. The second kappa shape index (κ2) is 4.63. The van der Waals surface area contributed by atoms with Crippen LogP contribution in [-0.4, -0.2) is 48.4 Å². The van der Waals surface area contributed by atoms with Gasteiger partial charge in [-0.3, -0.25) is 4.79 Å². The Kier molecular flexibility index (Phi) is 3.13. The van der Waals surface area contributed by atoms with Gasteiger partial charge in [-0.2, -0.15) is 0 Å². The molecule has 0 bridgehead atoms. The van der Waals surface area contributed by atoms with Gasteiger partial charge in [0.15, 0.2) is 0 Å². The zero-order valence-corrected chi connectivity index (χ0v) is 13.0. The number of hydrogen-bond acceptors (Lipinski definition) is 4. The number of anilines is 1. The van der Waals surface area contributed by atoms with Gasteiger partial charge in [0, 0.05) is 13.6 Å². The summed E-state index contributed by atoms with van der Waals surface area (Å²) >= 11 is 0. The number of likely N-dealkylation sites (N-methyl/N-ethyl adjacent to an activating group) is 1. The summed E-state index contributed by atoms with van der Waals surface area (Å²) in [6.45, 7) is 4.77. The smallest absolute Gasteiger partial charge is 0.256 e. The van der Waals surface area contributed by atoms with E-state index in [0.717, 1.165) is 12.1 Å². The van der Waals surface area contributed by atoms with E-state index in [-0.39, 0.29) is 5.91 Å². The Morgan fingerprint density at radius 2 is 2.14 bits per heavy atom. The predicted molar refractivity (Wildman–Crippen MR) is 80.6 cm³/mol. The number of methoxy groups -OCH3 is 1. The number of aliphatic hydroxyl groups excluding tert-OH is 1. The molecule has 0 aliphatic carbocycles. The first-order valence-corrected chi connectivity index (χ1v) is 7.29. The highest BCUT2D eigenvalue weighted by atomic mass is 16.5. The highest BCUT2D eigenvalue weighted by Gasteiger charge is 2.52. The molecule has 2 aliphatic rings. The predicted octanol–water partition coefficient (Wildman–Crippen LogP) is 1.70. The number of nitrogens with zero attached hydrogens (tertiary/aromatic N) is 2. The monoisotopic (exact) mass is 290 g/mol. The number of amides is 1. The van der Waals surface area contributed by atoms with Gasteiger partial charge >= 0.3 is 0 Å². The molecule has 2 aliphatic heterocycles. The zero-order chi connectivity index (χ0) is 15.4. The van der Waals surface area contributed by atoms with Crippen molar-refractivity contribution in [3.05, 3.63) is 23.8 Å². The van der Waals surface area contributed by atoms with Crippen LogP contribution in [0, 0.1) is 5.92 Å². The molecular weight excluding hydrogens is 268 g/mol. The van der Waals surface area contributed by atoms with E-state index >= 15 is 0 Å². The summed E-state index contributed by atoms with van der Waals surface area (Å²) in [6.07, 6.45) is 0.0797. The lowest BCUT2D eigenvalue weighted by molar-refractivity contribution is 0.0111. The second-order valence-corrected chi connectivity index (χ2v) is 6.45. The van der Waals surface area contributed by atoms with Crippen LogP contribution in [0.2, 0.25) is 0 Å². The van der Waals surface area contributed by atoms with Crippen molar-refractivity contribution < 1.29 is 14.6 Å². The van der Waals surface area contributed by atoms with Crippen LogP contribution in [0.5, 0.6) is 5.75 Å². The van der Waals surface area contributed by atoms with Crippen molar-refractivity contribution in [3.63, 3.8) is 0 Å². The standard InChI is InChI=1S/C16H22N2O3/c1-10-8-16(2)15(20)17(3)13-6-5-11(21-4)7-12(13)14(19)18(16)9-10/h5-7,10,15,20H,8-9H2,1-4H3. The van der Waals surface area contributed by atoms with Crippen LogP contribution in [-0.2, 0) is 0 Å². The van der Waals surface area contributed by atoms with Crippen molar-refractivity contribution in [3.8, 4) is 5.75 Å². The van der Waals surface area contributed by atoms with Crippen molar-refractivity contribution in [1.29, 1.82) is 0 Å². The summed E-state index contributed by atoms with van der Waals surface area (Å²) in [7, 11) is 3.42. The minimum atomic E-state index is -0.721. The van der Waals surface area contributed by atoms with E-state index in [1.165, 1.54) is 0 Å². The van der Waals surface area contributed by atoms with Crippen LogP contribution in [0.4, 0.5) is 5.69 Å². The van der Waals surface area contributed by atoms with Crippen molar-refractivity contribution >= 4 is 11.6 Å². The van der Waals surface area contributed by atoms with E-state index < -0.39 is 11.8 Å². The Balaban J connectivity index is 2.16. The maximum absolute atomic E-state index is 13.0. The lowest BCUT2D eigenvalue weighted by Gasteiger charge is -2.40. The summed E-state index contributed by atoms with van der Waals surface area (Å²) in [4.78, 5) is 16.6. The molecule has 5 nitrogen and oxygen atoms in total. The van der Waals surface area contributed by atoms with Gasteiger partial charge in [0.05, 0.1) is 23.9 Å². The fourth-order valence-electron chi connectivity index (χ4n) is 3.78. The molecule has 1 aromatic carbocycles. The molecule has 21 heavy (non-hydrogen) atoms. The van der Waals surface area contributed by atoms with Gasteiger partial charge in [-0.15, -0.1) is 0 Å². The van der Waals surface area contributed by atoms with Crippen LogP contribution in [0.1, 0.15) is 30.6 Å². The van der Waals surface area contributed by atoms with Crippen molar-refractivity contribution in [2.24, 2.45) is 5.92 Å². The maximum atomic E-state index is 13.0. The molecule has 1 aromatic rings. The Morgan fingerprint density at radius 1 is 1.43 bits per heavy atom. The quantitative estimate of drug-likeness (QED) is 0.855.